The first kappa shape index (κ1) is 9.32. The minimum Gasteiger partial charge on any atom is -0.350 e. The maximum atomic E-state index is 10.8. The Balaban J connectivity index is 2.15. The first-order valence-electron chi connectivity index (χ1n) is 4.35. The molecule has 0 unspecified atom stereocenters. The van der Waals surface area contributed by atoms with Crippen LogP contribution in [0.15, 0.2) is 30.9 Å². The van der Waals surface area contributed by atoms with Crippen molar-refractivity contribution in [3.05, 3.63) is 42.2 Å². The van der Waals surface area contributed by atoms with E-state index in [1.54, 1.807) is 30.9 Å². The first-order valence-corrected chi connectivity index (χ1v) is 4.35. The molecule has 1 amide bonds. The molecule has 0 fully saturated rings. The van der Waals surface area contributed by atoms with E-state index in [0.29, 0.717) is 12.2 Å². The lowest BCUT2D eigenvalue weighted by Gasteiger charge is -1.94. The molecule has 0 radical (unpaired) electrons. The molecule has 2 rings (SSSR count). The van der Waals surface area contributed by atoms with E-state index in [1.165, 1.54) is 0 Å². The molecule has 0 aliphatic rings. The van der Waals surface area contributed by atoms with Crippen molar-refractivity contribution < 1.29 is 4.79 Å². The standard InChI is InChI=1S/C9H9N5O/c10-9(15)14-6-7(5-13-14)4-8-11-2-1-3-12-8/h1-3,5-6H,4H2,(H2,10,15). The third-order valence-electron chi connectivity index (χ3n) is 1.84. The highest BCUT2D eigenvalue weighted by atomic mass is 16.2. The van der Waals surface area contributed by atoms with Gasteiger partial charge in [0.25, 0.3) is 0 Å². The molecule has 0 aliphatic carbocycles. The third-order valence-corrected chi connectivity index (χ3v) is 1.84. The van der Waals surface area contributed by atoms with Crippen LogP contribution in [0.2, 0.25) is 0 Å². The maximum absolute atomic E-state index is 10.8. The molecule has 0 saturated carbocycles. The predicted octanol–water partition coefficient (Wildman–Crippen LogP) is 0.191. The topological polar surface area (TPSA) is 86.7 Å². The molecule has 2 heterocycles. The zero-order valence-corrected chi connectivity index (χ0v) is 7.87. The summed E-state index contributed by atoms with van der Waals surface area (Å²) in [5.41, 5.74) is 5.90. The molecule has 6 nitrogen and oxygen atoms in total. The summed E-state index contributed by atoms with van der Waals surface area (Å²) < 4.78 is 1.08. The number of carbonyl (C=O) groups excluding carboxylic acids is 1. The van der Waals surface area contributed by atoms with Gasteiger partial charge in [-0.15, -0.1) is 0 Å². The number of rotatable bonds is 2. The van der Waals surface area contributed by atoms with Crippen molar-refractivity contribution in [2.75, 3.05) is 0 Å². The van der Waals surface area contributed by atoms with Gasteiger partial charge in [-0.2, -0.15) is 9.78 Å². The van der Waals surface area contributed by atoms with Crippen molar-refractivity contribution in [2.45, 2.75) is 6.42 Å². The number of primary amides is 1. The fraction of sp³-hybridized carbons (Fsp3) is 0.111. The highest BCUT2D eigenvalue weighted by molar-refractivity contribution is 5.73. The Morgan fingerprint density at radius 3 is 2.73 bits per heavy atom. The lowest BCUT2D eigenvalue weighted by molar-refractivity contribution is 0.247. The van der Waals surface area contributed by atoms with Gasteiger partial charge in [0.2, 0.25) is 0 Å². The molecule has 76 valence electrons. The second kappa shape index (κ2) is 3.87. The normalized spacial score (nSPS) is 10.1. The molecule has 0 spiro atoms. The van der Waals surface area contributed by atoms with E-state index in [4.69, 9.17) is 5.73 Å². The van der Waals surface area contributed by atoms with Crippen LogP contribution in [0, 0.1) is 0 Å². The number of hydrogen-bond acceptors (Lipinski definition) is 4. The SMILES string of the molecule is NC(=O)n1cc(Cc2ncccn2)cn1. The quantitative estimate of drug-likeness (QED) is 0.754. The zero-order valence-electron chi connectivity index (χ0n) is 7.87. The van der Waals surface area contributed by atoms with Crippen molar-refractivity contribution in [1.29, 1.82) is 0 Å². The highest BCUT2D eigenvalue weighted by Crippen LogP contribution is 2.02. The van der Waals surface area contributed by atoms with Gasteiger partial charge in [-0.05, 0) is 11.6 Å². The van der Waals surface area contributed by atoms with Crippen LogP contribution >= 0.6 is 0 Å². The summed E-state index contributed by atoms with van der Waals surface area (Å²) in [4.78, 5) is 18.9. The van der Waals surface area contributed by atoms with Gasteiger partial charge in [0, 0.05) is 25.0 Å². The number of aromatic nitrogens is 4. The van der Waals surface area contributed by atoms with Crippen LogP contribution in [0.25, 0.3) is 0 Å². The van der Waals surface area contributed by atoms with Gasteiger partial charge in [-0.1, -0.05) is 0 Å². The van der Waals surface area contributed by atoms with E-state index in [1.807, 2.05) is 0 Å². The van der Waals surface area contributed by atoms with Crippen LogP contribution in [-0.2, 0) is 6.42 Å². The molecule has 2 aromatic heterocycles. The third kappa shape index (κ3) is 2.16. The molecule has 6 heteroatoms. The van der Waals surface area contributed by atoms with Crippen LogP contribution in [0.1, 0.15) is 11.4 Å². The Bertz CT molecular complexity index is 464. The molecule has 2 N–H and O–H groups in total. The maximum Gasteiger partial charge on any atom is 0.339 e. The summed E-state index contributed by atoms with van der Waals surface area (Å²) in [6.45, 7) is 0. The van der Waals surface area contributed by atoms with Gasteiger partial charge >= 0.3 is 6.03 Å². The lowest BCUT2D eigenvalue weighted by Crippen LogP contribution is -2.19. The Morgan fingerprint density at radius 2 is 2.13 bits per heavy atom. The number of carbonyl (C=O) groups is 1. The van der Waals surface area contributed by atoms with Crippen LogP contribution in [-0.4, -0.2) is 25.8 Å². The highest BCUT2D eigenvalue weighted by Gasteiger charge is 2.04. The summed E-state index contributed by atoms with van der Waals surface area (Å²) in [7, 11) is 0. The average Bonchev–Trinajstić information content (AvgIpc) is 2.68. The van der Waals surface area contributed by atoms with Gasteiger partial charge in [0.05, 0.1) is 6.20 Å². The molecule has 0 atom stereocenters. The van der Waals surface area contributed by atoms with Crippen molar-refractivity contribution in [3.63, 3.8) is 0 Å². The van der Waals surface area contributed by atoms with Crippen LogP contribution in [0.5, 0.6) is 0 Å². The molecule has 0 bridgehead atoms. The average molecular weight is 203 g/mol. The second-order valence-electron chi connectivity index (χ2n) is 2.97. The second-order valence-corrected chi connectivity index (χ2v) is 2.97. The van der Waals surface area contributed by atoms with Gasteiger partial charge in [-0.3, -0.25) is 0 Å². The molecular formula is C9H9N5O. The van der Waals surface area contributed by atoms with E-state index >= 15 is 0 Å². The Morgan fingerprint density at radius 1 is 1.40 bits per heavy atom. The molecule has 0 aromatic carbocycles. The van der Waals surface area contributed by atoms with Crippen molar-refractivity contribution in [3.8, 4) is 0 Å². The molecule has 15 heavy (non-hydrogen) atoms. The Kier molecular flexibility index (Phi) is 2.40. The summed E-state index contributed by atoms with van der Waals surface area (Å²) in [5, 5.41) is 3.80. The van der Waals surface area contributed by atoms with E-state index in [0.717, 1.165) is 10.2 Å². The summed E-state index contributed by atoms with van der Waals surface area (Å²) in [6, 6.07) is 1.14. The molecular weight excluding hydrogens is 194 g/mol. The smallest absolute Gasteiger partial charge is 0.339 e. The van der Waals surface area contributed by atoms with Crippen molar-refractivity contribution in [2.24, 2.45) is 5.73 Å². The minimum atomic E-state index is -0.602. The molecule has 0 aliphatic heterocycles. The van der Waals surface area contributed by atoms with Crippen molar-refractivity contribution in [1.82, 2.24) is 19.7 Å². The van der Waals surface area contributed by atoms with E-state index < -0.39 is 6.03 Å². The van der Waals surface area contributed by atoms with Gasteiger partial charge in [0.15, 0.2) is 0 Å². The molecule has 0 saturated heterocycles. The minimum absolute atomic E-state index is 0.536. The number of nitrogens with two attached hydrogens (primary N) is 1. The monoisotopic (exact) mass is 203 g/mol. The Hall–Kier alpha value is -2.24. The Labute approximate surface area is 85.8 Å². The summed E-state index contributed by atoms with van der Waals surface area (Å²) >= 11 is 0. The lowest BCUT2D eigenvalue weighted by atomic mass is 10.2. The fourth-order valence-electron chi connectivity index (χ4n) is 1.18. The van der Waals surface area contributed by atoms with Crippen LogP contribution in [0.4, 0.5) is 4.79 Å². The van der Waals surface area contributed by atoms with Crippen LogP contribution in [0.3, 0.4) is 0 Å². The van der Waals surface area contributed by atoms with Gasteiger partial charge in [0.1, 0.15) is 5.82 Å². The number of hydrogen-bond donors (Lipinski definition) is 1. The van der Waals surface area contributed by atoms with E-state index in [2.05, 4.69) is 15.1 Å². The largest absolute Gasteiger partial charge is 0.350 e. The summed E-state index contributed by atoms with van der Waals surface area (Å²) in [5.74, 6) is 0.682. The van der Waals surface area contributed by atoms with Gasteiger partial charge < -0.3 is 5.73 Å². The predicted molar refractivity (Wildman–Crippen MR) is 52.0 cm³/mol. The molecule has 2 aromatic rings. The fourth-order valence-corrected chi connectivity index (χ4v) is 1.18. The van der Waals surface area contributed by atoms with Crippen LogP contribution < -0.4 is 5.73 Å². The number of nitrogens with zero attached hydrogens (tertiary/aromatic N) is 4. The van der Waals surface area contributed by atoms with E-state index in [-0.39, 0.29) is 0 Å². The number of amides is 1. The first-order chi connectivity index (χ1) is 7.25. The zero-order chi connectivity index (χ0) is 10.7. The van der Waals surface area contributed by atoms with Gasteiger partial charge in [-0.25, -0.2) is 14.8 Å². The van der Waals surface area contributed by atoms with E-state index in [9.17, 15) is 4.79 Å². The van der Waals surface area contributed by atoms with Crippen molar-refractivity contribution >= 4 is 6.03 Å². The summed E-state index contributed by atoms with van der Waals surface area (Å²) in [6.07, 6.45) is 7.01.